The second-order valence-corrected chi connectivity index (χ2v) is 4.89. The number of nitrogens with zero attached hydrogens (tertiary/aromatic N) is 2. The Hall–Kier alpha value is -1.31. The third-order valence-corrected chi connectivity index (χ3v) is 3.72. The van der Waals surface area contributed by atoms with E-state index in [0.29, 0.717) is 24.7 Å². The summed E-state index contributed by atoms with van der Waals surface area (Å²) in [5.74, 6) is 0.309. The molecule has 2 atom stereocenters. The van der Waals surface area contributed by atoms with Gasteiger partial charge in [-0.2, -0.15) is 5.26 Å². The van der Waals surface area contributed by atoms with Gasteiger partial charge in [0.2, 0.25) is 0 Å². The summed E-state index contributed by atoms with van der Waals surface area (Å²) in [6.45, 7) is 7.41. The summed E-state index contributed by atoms with van der Waals surface area (Å²) in [5.41, 5.74) is 2.88. The van der Waals surface area contributed by atoms with Crippen LogP contribution >= 0.6 is 0 Å². The van der Waals surface area contributed by atoms with Gasteiger partial charge in [-0.25, -0.2) is 0 Å². The van der Waals surface area contributed by atoms with Crippen LogP contribution in [0.4, 0.5) is 0 Å². The smallest absolute Gasteiger partial charge is 0.120 e. The van der Waals surface area contributed by atoms with Gasteiger partial charge in [-0.3, -0.25) is 0 Å². The van der Waals surface area contributed by atoms with Gasteiger partial charge in [0, 0.05) is 25.8 Å². The molecule has 0 radical (unpaired) electrons. The Kier molecular flexibility index (Phi) is 5.39. The minimum absolute atomic E-state index is 0.309. The van der Waals surface area contributed by atoms with Crippen LogP contribution in [0.25, 0.3) is 0 Å². The molecule has 4 nitrogen and oxygen atoms in total. The Morgan fingerprint density at radius 2 is 2.22 bits per heavy atom. The van der Waals surface area contributed by atoms with Gasteiger partial charge in [-0.05, 0) is 24.5 Å². The number of hydrogen-bond acceptors (Lipinski definition) is 3. The Bertz CT molecular complexity index is 431. The molecule has 1 rings (SSSR count). The van der Waals surface area contributed by atoms with E-state index in [-0.39, 0.29) is 6.10 Å². The Morgan fingerprint density at radius 1 is 1.56 bits per heavy atom. The molecule has 0 spiro atoms. The molecule has 0 amide bonds. The van der Waals surface area contributed by atoms with Gasteiger partial charge in [0.15, 0.2) is 0 Å². The standard InChI is InChI=1S/C14H23N3O/c1-5-10(2)14(18)9-16-8-12-6-13(7-15)17(4)11(12)3/h6,10,14,16,18H,5,8-9H2,1-4H3. The molecule has 0 aliphatic rings. The van der Waals surface area contributed by atoms with Crippen molar-refractivity contribution in [3.63, 3.8) is 0 Å². The lowest BCUT2D eigenvalue weighted by molar-refractivity contribution is 0.113. The monoisotopic (exact) mass is 249 g/mol. The van der Waals surface area contributed by atoms with Crippen molar-refractivity contribution < 1.29 is 5.11 Å². The predicted molar refractivity (Wildman–Crippen MR) is 72.0 cm³/mol. The fraction of sp³-hybridized carbons (Fsp3) is 0.643. The van der Waals surface area contributed by atoms with Crippen LogP contribution in [0.5, 0.6) is 0 Å². The van der Waals surface area contributed by atoms with Gasteiger partial charge in [-0.15, -0.1) is 0 Å². The van der Waals surface area contributed by atoms with Gasteiger partial charge in [-0.1, -0.05) is 20.3 Å². The first-order valence-electron chi connectivity index (χ1n) is 6.45. The molecule has 1 heterocycles. The van der Waals surface area contributed by atoms with Crippen molar-refractivity contribution in [2.45, 2.75) is 39.8 Å². The van der Waals surface area contributed by atoms with Crippen LogP contribution in [0.3, 0.4) is 0 Å². The number of aliphatic hydroxyl groups excluding tert-OH is 1. The van der Waals surface area contributed by atoms with Gasteiger partial charge in [0.1, 0.15) is 11.8 Å². The molecule has 2 unspecified atom stereocenters. The third kappa shape index (κ3) is 3.34. The number of aliphatic hydroxyl groups is 1. The SMILES string of the molecule is CCC(C)C(O)CNCc1cc(C#N)n(C)c1C. The summed E-state index contributed by atoms with van der Waals surface area (Å²) in [5, 5.41) is 22.0. The zero-order valence-electron chi connectivity index (χ0n) is 11.7. The van der Waals surface area contributed by atoms with Crippen LogP contribution in [0.15, 0.2) is 6.07 Å². The van der Waals surface area contributed by atoms with Crippen molar-refractivity contribution in [1.29, 1.82) is 5.26 Å². The highest BCUT2D eigenvalue weighted by atomic mass is 16.3. The van der Waals surface area contributed by atoms with Crippen molar-refractivity contribution in [2.75, 3.05) is 6.54 Å². The van der Waals surface area contributed by atoms with Crippen LogP contribution in [0, 0.1) is 24.2 Å². The topological polar surface area (TPSA) is 61.0 Å². The van der Waals surface area contributed by atoms with E-state index in [9.17, 15) is 5.11 Å². The van der Waals surface area contributed by atoms with Crippen molar-refractivity contribution in [1.82, 2.24) is 9.88 Å². The number of rotatable bonds is 6. The van der Waals surface area contributed by atoms with Gasteiger partial charge in [0.25, 0.3) is 0 Å². The summed E-state index contributed by atoms with van der Waals surface area (Å²) < 4.78 is 1.89. The minimum Gasteiger partial charge on any atom is -0.392 e. The molecule has 2 N–H and O–H groups in total. The number of nitriles is 1. The number of nitrogens with one attached hydrogen (secondary N) is 1. The predicted octanol–water partition coefficient (Wildman–Crippen LogP) is 1.70. The van der Waals surface area contributed by atoms with E-state index in [1.165, 1.54) is 0 Å². The maximum atomic E-state index is 9.85. The zero-order valence-corrected chi connectivity index (χ0v) is 11.7. The molecule has 0 saturated carbocycles. The number of aromatic nitrogens is 1. The molecule has 100 valence electrons. The van der Waals surface area contributed by atoms with Crippen molar-refractivity contribution in [3.8, 4) is 6.07 Å². The van der Waals surface area contributed by atoms with Crippen LogP contribution in [0.1, 0.15) is 37.2 Å². The minimum atomic E-state index is -0.311. The Balaban J connectivity index is 2.52. The lowest BCUT2D eigenvalue weighted by Gasteiger charge is -2.17. The average Bonchev–Trinajstić information content (AvgIpc) is 2.65. The van der Waals surface area contributed by atoms with Crippen molar-refractivity contribution >= 4 is 0 Å². The van der Waals surface area contributed by atoms with Crippen LogP contribution < -0.4 is 5.32 Å². The molecule has 4 heteroatoms. The molecule has 18 heavy (non-hydrogen) atoms. The van der Waals surface area contributed by atoms with Gasteiger partial charge in [0.05, 0.1) is 6.10 Å². The second-order valence-electron chi connectivity index (χ2n) is 4.89. The highest BCUT2D eigenvalue weighted by Crippen LogP contribution is 2.13. The second kappa shape index (κ2) is 6.58. The molecule has 0 aromatic carbocycles. The van der Waals surface area contributed by atoms with Gasteiger partial charge < -0.3 is 15.0 Å². The third-order valence-electron chi connectivity index (χ3n) is 3.72. The quantitative estimate of drug-likeness (QED) is 0.806. The molecular weight excluding hydrogens is 226 g/mol. The van der Waals surface area contributed by atoms with Crippen molar-refractivity contribution in [3.05, 3.63) is 23.0 Å². The molecular formula is C14H23N3O. The first kappa shape index (κ1) is 14.7. The largest absolute Gasteiger partial charge is 0.392 e. The van der Waals surface area contributed by atoms with Crippen LogP contribution in [-0.4, -0.2) is 22.3 Å². The van der Waals surface area contributed by atoms with Crippen LogP contribution in [-0.2, 0) is 13.6 Å². The first-order valence-corrected chi connectivity index (χ1v) is 6.45. The zero-order chi connectivity index (χ0) is 13.7. The first-order chi connectivity index (χ1) is 8.51. The number of hydrogen-bond donors (Lipinski definition) is 2. The molecule has 0 aliphatic heterocycles. The normalized spacial score (nSPS) is 14.2. The van der Waals surface area contributed by atoms with E-state index in [4.69, 9.17) is 5.26 Å². The highest BCUT2D eigenvalue weighted by molar-refractivity contribution is 5.33. The summed E-state index contributed by atoms with van der Waals surface area (Å²) in [4.78, 5) is 0. The maximum Gasteiger partial charge on any atom is 0.120 e. The van der Waals surface area contributed by atoms with Crippen LogP contribution in [0.2, 0.25) is 0 Å². The Labute approximate surface area is 109 Å². The van der Waals surface area contributed by atoms with E-state index in [1.807, 2.05) is 31.5 Å². The molecule has 0 bridgehead atoms. The summed E-state index contributed by atoms with van der Waals surface area (Å²) in [6, 6.07) is 4.07. The van der Waals surface area contributed by atoms with E-state index in [1.54, 1.807) is 0 Å². The van der Waals surface area contributed by atoms with Gasteiger partial charge >= 0.3 is 0 Å². The summed E-state index contributed by atoms with van der Waals surface area (Å²) in [6.07, 6.45) is 0.667. The molecule has 0 fully saturated rings. The van der Waals surface area contributed by atoms with E-state index in [0.717, 1.165) is 17.7 Å². The van der Waals surface area contributed by atoms with E-state index in [2.05, 4.69) is 18.3 Å². The fourth-order valence-electron chi connectivity index (χ4n) is 1.88. The summed E-state index contributed by atoms with van der Waals surface area (Å²) in [7, 11) is 1.89. The Morgan fingerprint density at radius 3 is 2.72 bits per heavy atom. The molecule has 1 aromatic heterocycles. The summed E-state index contributed by atoms with van der Waals surface area (Å²) >= 11 is 0. The van der Waals surface area contributed by atoms with E-state index < -0.39 is 0 Å². The highest BCUT2D eigenvalue weighted by Gasteiger charge is 2.12. The average molecular weight is 249 g/mol. The maximum absolute atomic E-state index is 9.85. The molecule has 1 aromatic rings. The fourth-order valence-corrected chi connectivity index (χ4v) is 1.88. The molecule has 0 saturated heterocycles. The van der Waals surface area contributed by atoms with Crippen molar-refractivity contribution in [2.24, 2.45) is 13.0 Å². The molecule has 0 aliphatic carbocycles. The lowest BCUT2D eigenvalue weighted by atomic mass is 10.0. The lowest BCUT2D eigenvalue weighted by Crippen LogP contribution is -2.31. The van der Waals surface area contributed by atoms with E-state index >= 15 is 0 Å².